The number of carbonyl (C=O) groups excluding carboxylic acids is 1. The molecule has 2 heterocycles. The first kappa shape index (κ1) is 8.99. The van der Waals surface area contributed by atoms with Crippen molar-refractivity contribution in [1.82, 2.24) is 10.4 Å². The van der Waals surface area contributed by atoms with Crippen LogP contribution in [-0.4, -0.2) is 16.9 Å². The molecule has 1 atom stereocenters. The minimum absolute atomic E-state index is 0.0840. The zero-order valence-corrected chi connectivity index (χ0v) is 8.10. The molecular formula is C10H13N3O. The van der Waals surface area contributed by atoms with Gasteiger partial charge in [-0.15, -0.1) is 0 Å². The van der Waals surface area contributed by atoms with Gasteiger partial charge in [0.25, 0.3) is 0 Å². The molecule has 4 nitrogen and oxygen atoms in total. The maximum absolute atomic E-state index is 11.2. The Kier molecular flexibility index (Phi) is 2.35. The molecule has 1 aliphatic rings. The summed E-state index contributed by atoms with van der Waals surface area (Å²) >= 11 is 0. The van der Waals surface area contributed by atoms with Gasteiger partial charge in [-0.2, -0.15) is 0 Å². The molecule has 1 fully saturated rings. The van der Waals surface area contributed by atoms with Gasteiger partial charge in [-0.25, -0.2) is 0 Å². The fraction of sp³-hybridized carbons (Fsp3) is 0.400. The van der Waals surface area contributed by atoms with Crippen molar-refractivity contribution in [2.75, 3.05) is 5.01 Å². The van der Waals surface area contributed by atoms with Gasteiger partial charge in [0.2, 0.25) is 5.91 Å². The number of pyridine rings is 1. The second kappa shape index (κ2) is 3.65. The van der Waals surface area contributed by atoms with E-state index in [2.05, 4.69) is 17.3 Å². The quantitative estimate of drug-likeness (QED) is 0.761. The molecule has 1 unspecified atom stereocenters. The van der Waals surface area contributed by atoms with Crippen molar-refractivity contribution in [2.45, 2.75) is 25.8 Å². The Labute approximate surface area is 82.9 Å². The van der Waals surface area contributed by atoms with Crippen molar-refractivity contribution < 1.29 is 4.79 Å². The van der Waals surface area contributed by atoms with E-state index < -0.39 is 0 Å². The third-order valence-electron chi connectivity index (χ3n) is 2.43. The summed E-state index contributed by atoms with van der Waals surface area (Å²) in [5.41, 5.74) is 3.77. The molecule has 0 saturated carbocycles. The monoisotopic (exact) mass is 191 g/mol. The van der Waals surface area contributed by atoms with E-state index in [1.54, 1.807) is 12.4 Å². The predicted octanol–water partition coefficient (Wildman–Crippen LogP) is 1.10. The van der Waals surface area contributed by atoms with E-state index >= 15 is 0 Å². The Balaban J connectivity index is 2.22. The Morgan fingerprint density at radius 2 is 2.57 bits per heavy atom. The Morgan fingerprint density at radius 1 is 1.71 bits per heavy atom. The molecule has 1 amide bonds. The summed E-state index contributed by atoms with van der Waals surface area (Å²) in [5.74, 6) is 0.0840. The van der Waals surface area contributed by atoms with Crippen LogP contribution in [0.4, 0.5) is 5.69 Å². The van der Waals surface area contributed by atoms with E-state index in [0.717, 1.165) is 12.1 Å². The molecule has 2 rings (SSSR count). The molecule has 74 valence electrons. The fourth-order valence-corrected chi connectivity index (χ4v) is 1.68. The first-order valence-corrected chi connectivity index (χ1v) is 4.80. The van der Waals surface area contributed by atoms with Crippen molar-refractivity contribution >= 4 is 11.6 Å². The summed E-state index contributed by atoms with van der Waals surface area (Å²) in [7, 11) is 0. The lowest BCUT2D eigenvalue weighted by Gasteiger charge is -2.23. The lowest BCUT2D eigenvalue weighted by atomic mass is 10.1. The highest BCUT2D eigenvalue weighted by molar-refractivity contribution is 5.82. The normalized spacial score (nSPS) is 21.1. The van der Waals surface area contributed by atoms with Gasteiger partial charge in [-0.3, -0.25) is 20.2 Å². The van der Waals surface area contributed by atoms with Gasteiger partial charge in [0.15, 0.2) is 0 Å². The van der Waals surface area contributed by atoms with Crippen LogP contribution in [0, 0.1) is 0 Å². The van der Waals surface area contributed by atoms with Crippen molar-refractivity contribution in [3.8, 4) is 0 Å². The molecule has 0 aromatic carbocycles. The summed E-state index contributed by atoms with van der Waals surface area (Å²) in [4.78, 5) is 15.3. The average molecular weight is 191 g/mol. The van der Waals surface area contributed by atoms with Crippen molar-refractivity contribution in [1.29, 1.82) is 0 Å². The molecular weight excluding hydrogens is 178 g/mol. The molecule has 0 spiro atoms. The van der Waals surface area contributed by atoms with Crippen LogP contribution in [0.2, 0.25) is 0 Å². The van der Waals surface area contributed by atoms with Crippen LogP contribution in [-0.2, 0) is 4.79 Å². The van der Waals surface area contributed by atoms with E-state index in [4.69, 9.17) is 0 Å². The van der Waals surface area contributed by atoms with Crippen molar-refractivity contribution in [3.05, 3.63) is 24.5 Å². The molecule has 1 saturated heterocycles. The number of nitrogens with one attached hydrogen (secondary N) is 1. The number of nitrogens with zero attached hydrogens (tertiary/aromatic N) is 2. The molecule has 1 N–H and O–H groups in total. The van der Waals surface area contributed by atoms with Crippen LogP contribution in [0.5, 0.6) is 0 Å². The first-order chi connectivity index (χ1) is 6.81. The number of rotatable bonds is 2. The average Bonchev–Trinajstić information content (AvgIpc) is 2.61. The third-order valence-corrected chi connectivity index (χ3v) is 2.43. The van der Waals surface area contributed by atoms with Gasteiger partial charge in [-0.05, 0) is 18.6 Å². The predicted molar refractivity (Wildman–Crippen MR) is 53.6 cm³/mol. The maximum atomic E-state index is 11.2. The molecule has 0 bridgehead atoms. The summed E-state index contributed by atoms with van der Waals surface area (Å²) in [6.45, 7) is 2.08. The minimum atomic E-state index is 0.0840. The minimum Gasteiger partial charge on any atom is -0.280 e. The van der Waals surface area contributed by atoms with E-state index in [0.29, 0.717) is 6.42 Å². The maximum Gasteiger partial charge on any atom is 0.240 e. The lowest BCUT2D eigenvalue weighted by molar-refractivity contribution is -0.119. The highest BCUT2D eigenvalue weighted by Crippen LogP contribution is 2.21. The molecule has 4 heteroatoms. The molecule has 0 radical (unpaired) electrons. The third kappa shape index (κ3) is 1.55. The zero-order chi connectivity index (χ0) is 9.97. The van der Waals surface area contributed by atoms with Crippen LogP contribution in [0.15, 0.2) is 24.5 Å². The van der Waals surface area contributed by atoms with Crippen LogP contribution >= 0.6 is 0 Å². The summed E-state index contributed by atoms with van der Waals surface area (Å²) < 4.78 is 0. The van der Waals surface area contributed by atoms with Crippen LogP contribution < -0.4 is 10.4 Å². The highest BCUT2D eigenvalue weighted by atomic mass is 16.2. The number of anilines is 1. The molecule has 1 aliphatic heterocycles. The number of hydrazine groups is 1. The smallest absolute Gasteiger partial charge is 0.240 e. The Hall–Kier alpha value is -1.58. The van der Waals surface area contributed by atoms with Gasteiger partial charge in [0.1, 0.15) is 0 Å². The van der Waals surface area contributed by atoms with Gasteiger partial charge in [0.05, 0.1) is 24.3 Å². The molecule has 1 aromatic rings. The van der Waals surface area contributed by atoms with Gasteiger partial charge < -0.3 is 0 Å². The molecule has 1 aromatic heterocycles. The van der Waals surface area contributed by atoms with Gasteiger partial charge in [0, 0.05) is 6.20 Å². The SMILES string of the molecule is CCC1CC(=O)NN1c1cccnc1. The molecule has 14 heavy (non-hydrogen) atoms. The number of amides is 1. The number of carbonyl (C=O) groups is 1. The lowest BCUT2D eigenvalue weighted by Crippen LogP contribution is -2.38. The highest BCUT2D eigenvalue weighted by Gasteiger charge is 2.28. The summed E-state index contributed by atoms with van der Waals surface area (Å²) in [6.07, 6.45) is 5.01. The van der Waals surface area contributed by atoms with Crippen LogP contribution in [0.3, 0.4) is 0 Å². The summed E-state index contributed by atoms with van der Waals surface area (Å²) in [6, 6.07) is 4.07. The standard InChI is InChI=1S/C10H13N3O/c1-2-8-6-10(14)12-13(8)9-4-3-5-11-7-9/h3-5,7-8H,2,6H2,1H3,(H,12,14). The number of hydrogen-bond acceptors (Lipinski definition) is 3. The van der Waals surface area contributed by atoms with E-state index in [9.17, 15) is 4.79 Å². The largest absolute Gasteiger partial charge is 0.280 e. The van der Waals surface area contributed by atoms with E-state index in [-0.39, 0.29) is 11.9 Å². The van der Waals surface area contributed by atoms with Gasteiger partial charge in [-0.1, -0.05) is 6.92 Å². The van der Waals surface area contributed by atoms with Crippen molar-refractivity contribution in [2.24, 2.45) is 0 Å². The fourth-order valence-electron chi connectivity index (χ4n) is 1.68. The second-order valence-electron chi connectivity index (χ2n) is 3.38. The van der Waals surface area contributed by atoms with E-state index in [1.165, 1.54) is 0 Å². The van der Waals surface area contributed by atoms with Gasteiger partial charge >= 0.3 is 0 Å². The van der Waals surface area contributed by atoms with E-state index in [1.807, 2.05) is 17.1 Å². The van der Waals surface area contributed by atoms with Crippen molar-refractivity contribution in [3.63, 3.8) is 0 Å². The van der Waals surface area contributed by atoms with Crippen LogP contribution in [0.25, 0.3) is 0 Å². The second-order valence-corrected chi connectivity index (χ2v) is 3.38. The zero-order valence-electron chi connectivity index (χ0n) is 8.10. The Morgan fingerprint density at radius 3 is 3.21 bits per heavy atom. The molecule has 0 aliphatic carbocycles. The number of aromatic nitrogens is 1. The number of hydrogen-bond donors (Lipinski definition) is 1. The summed E-state index contributed by atoms with van der Waals surface area (Å²) in [5, 5.41) is 1.90. The Bertz CT molecular complexity index is 325. The van der Waals surface area contributed by atoms with Crippen LogP contribution in [0.1, 0.15) is 19.8 Å². The topological polar surface area (TPSA) is 45.2 Å². The first-order valence-electron chi connectivity index (χ1n) is 4.80.